The molecule has 2 N–H and O–H groups in total. The summed E-state index contributed by atoms with van der Waals surface area (Å²) < 4.78 is 0. The van der Waals surface area contributed by atoms with Gasteiger partial charge in [0, 0.05) is 31.6 Å². The zero-order chi connectivity index (χ0) is 9.68. The molecule has 72 valence electrons. The molecule has 0 aromatic carbocycles. The summed E-state index contributed by atoms with van der Waals surface area (Å²) in [6, 6.07) is 2.06. The van der Waals surface area contributed by atoms with Gasteiger partial charge in [-0.2, -0.15) is 0 Å². The van der Waals surface area contributed by atoms with Crippen molar-refractivity contribution in [1.29, 1.82) is 0 Å². The van der Waals surface area contributed by atoms with E-state index in [1.54, 1.807) is 0 Å². The highest BCUT2D eigenvalue weighted by Gasteiger charge is 2.07. The topological polar surface area (TPSA) is 40.2 Å². The number of nitrogens with one attached hydrogen (secondary N) is 2. The van der Waals surface area contributed by atoms with Crippen LogP contribution >= 0.6 is 0 Å². The van der Waals surface area contributed by atoms with Crippen LogP contribution in [-0.2, 0) is 0 Å². The Hall–Kier alpha value is -1.25. The molecule has 0 fully saturated rings. The van der Waals surface area contributed by atoms with Crippen LogP contribution in [0.15, 0.2) is 17.3 Å². The quantitative estimate of drug-likeness (QED) is 0.684. The van der Waals surface area contributed by atoms with Gasteiger partial charge in [-0.1, -0.05) is 13.3 Å². The molecule has 0 bridgehead atoms. The highest BCUT2D eigenvalue weighted by molar-refractivity contribution is 6.04. The van der Waals surface area contributed by atoms with Crippen LogP contribution in [0.1, 0.15) is 25.3 Å². The molecule has 13 heavy (non-hydrogen) atoms. The van der Waals surface area contributed by atoms with E-state index in [9.17, 15) is 0 Å². The van der Waals surface area contributed by atoms with Crippen LogP contribution in [0.4, 0.5) is 5.82 Å². The Bertz CT molecular complexity index is 286. The van der Waals surface area contributed by atoms with E-state index in [1.165, 1.54) is 5.56 Å². The van der Waals surface area contributed by atoms with Crippen molar-refractivity contribution in [2.45, 2.75) is 19.8 Å². The SMILES string of the molecule is CCCC(=NC)c1cc[nH]c1NC. The third kappa shape index (κ3) is 2.11. The van der Waals surface area contributed by atoms with Crippen molar-refractivity contribution in [3.05, 3.63) is 17.8 Å². The van der Waals surface area contributed by atoms with E-state index < -0.39 is 0 Å². The molecule has 0 saturated carbocycles. The van der Waals surface area contributed by atoms with Gasteiger partial charge in [-0.05, 0) is 12.5 Å². The lowest BCUT2D eigenvalue weighted by atomic mass is 10.1. The molecular weight excluding hydrogens is 162 g/mol. The van der Waals surface area contributed by atoms with Crippen molar-refractivity contribution >= 4 is 11.5 Å². The van der Waals surface area contributed by atoms with E-state index in [0.29, 0.717) is 0 Å². The average Bonchev–Trinajstić information content (AvgIpc) is 2.61. The predicted molar refractivity (Wildman–Crippen MR) is 57.7 cm³/mol. The van der Waals surface area contributed by atoms with Crippen molar-refractivity contribution in [3.8, 4) is 0 Å². The first-order valence-corrected chi connectivity index (χ1v) is 4.64. The van der Waals surface area contributed by atoms with Crippen LogP contribution in [0, 0.1) is 0 Å². The molecule has 0 amide bonds. The van der Waals surface area contributed by atoms with E-state index in [2.05, 4.69) is 28.3 Å². The summed E-state index contributed by atoms with van der Waals surface area (Å²) >= 11 is 0. The van der Waals surface area contributed by atoms with Gasteiger partial charge in [0.25, 0.3) is 0 Å². The third-order valence-corrected chi connectivity index (χ3v) is 2.06. The van der Waals surface area contributed by atoms with E-state index in [-0.39, 0.29) is 0 Å². The second-order valence-electron chi connectivity index (χ2n) is 2.94. The van der Waals surface area contributed by atoms with Gasteiger partial charge in [-0.15, -0.1) is 0 Å². The number of anilines is 1. The van der Waals surface area contributed by atoms with Crippen LogP contribution in [0.2, 0.25) is 0 Å². The lowest BCUT2D eigenvalue weighted by molar-refractivity contribution is 0.989. The summed E-state index contributed by atoms with van der Waals surface area (Å²) in [5.74, 6) is 1.05. The fourth-order valence-electron chi connectivity index (χ4n) is 1.42. The largest absolute Gasteiger partial charge is 0.374 e. The maximum atomic E-state index is 4.29. The first-order chi connectivity index (χ1) is 6.33. The molecule has 3 heteroatoms. The van der Waals surface area contributed by atoms with Gasteiger partial charge < -0.3 is 10.3 Å². The molecular formula is C10H17N3. The first kappa shape index (κ1) is 9.84. The molecule has 0 unspecified atom stereocenters. The summed E-state index contributed by atoms with van der Waals surface area (Å²) in [4.78, 5) is 7.42. The Labute approximate surface area is 79.3 Å². The summed E-state index contributed by atoms with van der Waals surface area (Å²) in [6.45, 7) is 2.16. The van der Waals surface area contributed by atoms with Gasteiger partial charge in [-0.25, -0.2) is 0 Å². The molecule has 1 aromatic heterocycles. The second-order valence-corrected chi connectivity index (χ2v) is 2.94. The molecule has 0 aliphatic heterocycles. The molecule has 0 spiro atoms. The fraction of sp³-hybridized carbons (Fsp3) is 0.500. The average molecular weight is 179 g/mol. The van der Waals surface area contributed by atoms with E-state index in [0.717, 1.165) is 24.4 Å². The third-order valence-electron chi connectivity index (χ3n) is 2.06. The van der Waals surface area contributed by atoms with Crippen LogP contribution in [0.25, 0.3) is 0 Å². The number of aromatic nitrogens is 1. The van der Waals surface area contributed by atoms with E-state index in [1.807, 2.05) is 20.3 Å². The fourth-order valence-corrected chi connectivity index (χ4v) is 1.42. The Morgan fingerprint density at radius 2 is 2.38 bits per heavy atom. The number of nitrogens with zero attached hydrogens (tertiary/aromatic N) is 1. The van der Waals surface area contributed by atoms with Crippen molar-refractivity contribution in [3.63, 3.8) is 0 Å². The van der Waals surface area contributed by atoms with Crippen molar-refractivity contribution in [2.75, 3.05) is 19.4 Å². The van der Waals surface area contributed by atoms with Crippen molar-refractivity contribution in [2.24, 2.45) is 4.99 Å². The van der Waals surface area contributed by atoms with Gasteiger partial charge in [0.05, 0.1) is 0 Å². The normalized spacial score (nSPS) is 11.8. The molecule has 1 heterocycles. The van der Waals surface area contributed by atoms with Crippen LogP contribution in [0.3, 0.4) is 0 Å². The highest BCUT2D eigenvalue weighted by atomic mass is 15.0. The number of aromatic amines is 1. The number of hydrogen-bond donors (Lipinski definition) is 2. The molecule has 1 rings (SSSR count). The highest BCUT2D eigenvalue weighted by Crippen LogP contribution is 2.15. The van der Waals surface area contributed by atoms with Gasteiger partial charge in [0.1, 0.15) is 5.82 Å². The second kappa shape index (κ2) is 4.70. The smallest absolute Gasteiger partial charge is 0.112 e. The van der Waals surface area contributed by atoms with Gasteiger partial charge in [0.15, 0.2) is 0 Å². The maximum Gasteiger partial charge on any atom is 0.112 e. The number of aliphatic imine (C=N–C) groups is 1. The zero-order valence-electron chi connectivity index (χ0n) is 8.52. The molecule has 1 aromatic rings. The molecule has 0 radical (unpaired) electrons. The monoisotopic (exact) mass is 179 g/mol. The van der Waals surface area contributed by atoms with Crippen LogP contribution in [0.5, 0.6) is 0 Å². The van der Waals surface area contributed by atoms with E-state index >= 15 is 0 Å². The molecule has 0 saturated heterocycles. The number of H-pyrrole nitrogens is 1. The summed E-state index contributed by atoms with van der Waals surface area (Å²) in [7, 11) is 3.76. The van der Waals surface area contributed by atoms with Crippen LogP contribution in [-0.4, -0.2) is 24.8 Å². The lowest BCUT2D eigenvalue weighted by Crippen LogP contribution is -2.03. The molecule has 0 aliphatic rings. The Kier molecular flexibility index (Phi) is 3.55. The molecule has 0 atom stereocenters. The molecule has 0 aliphatic carbocycles. The van der Waals surface area contributed by atoms with Crippen LogP contribution < -0.4 is 5.32 Å². The number of hydrogen-bond acceptors (Lipinski definition) is 2. The standard InChI is InChI=1S/C10H17N3/c1-4-5-9(11-2)8-6-7-13-10(8)12-3/h6-7,12-13H,4-5H2,1-3H3. The maximum absolute atomic E-state index is 4.29. The van der Waals surface area contributed by atoms with E-state index in [4.69, 9.17) is 0 Å². The minimum absolute atomic E-state index is 1.03. The first-order valence-electron chi connectivity index (χ1n) is 4.64. The minimum Gasteiger partial charge on any atom is -0.374 e. The number of rotatable bonds is 4. The van der Waals surface area contributed by atoms with Gasteiger partial charge >= 0.3 is 0 Å². The Balaban J connectivity index is 2.91. The summed E-state index contributed by atoms with van der Waals surface area (Å²) in [5, 5.41) is 3.11. The zero-order valence-corrected chi connectivity index (χ0v) is 8.52. The summed E-state index contributed by atoms with van der Waals surface area (Å²) in [5.41, 5.74) is 2.35. The predicted octanol–water partition coefficient (Wildman–Crippen LogP) is 2.28. The Morgan fingerprint density at radius 3 is 2.92 bits per heavy atom. The molecule has 3 nitrogen and oxygen atoms in total. The van der Waals surface area contributed by atoms with Gasteiger partial charge in [-0.3, -0.25) is 4.99 Å². The minimum atomic E-state index is 1.03. The lowest BCUT2D eigenvalue weighted by Gasteiger charge is -2.05. The van der Waals surface area contributed by atoms with Crippen molar-refractivity contribution in [1.82, 2.24) is 4.98 Å². The summed E-state index contributed by atoms with van der Waals surface area (Å²) in [6.07, 6.45) is 4.09. The Morgan fingerprint density at radius 1 is 1.62 bits per heavy atom. The van der Waals surface area contributed by atoms with Crippen molar-refractivity contribution < 1.29 is 0 Å². The van der Waals surface area contributed by atoms with Gasteiger partial charge in [0.2, 0.25) is 0 Å².